The molecular weight excluding hydrogens is 360 g/mol. The molecule has 0 radical (unpaired) electrons. The number of carbonyl (C=O) groups is 2. The second-order valence-electron chi connectivity index (χ2n) is 6.34. The molecule has 0 saturated carbocycles. The zero-order valence-electron chi connectivity index (χ0n) is 16.1. The molecule has 0 aliphatic rings. The third kappa shape index (κ3) is 5.76. The van der Waals surface area contributed by atoms with E-state index in [9.17, 15) is 9.59 Å². The molecule has 0 heterocycles. The fourth-order valence-electron chi connectivity index (χ4n) is 2.59. The number of carbonyl (C=O) groups excluding carboxylic acids is 2. The summed E-state index contributed by atoms with van der Waals surface area (Å²) in [4.78, 5) is 26.3. The van der Waals surface area contributed by atoms with E-state index in [1.54, 1.807) is 36.0 Å². The lowest BCUT2D eigenvalue weighted by Crippen LogP contribution is -2.47. The molecule has 0 fully saturated rings. The minimum atomic E-state index is -0.640. The highest BCUT2D eigenvalue weighted by atomic mass is 32.2. The molecule has 0 bridgehead atoms. The van der Waals surface area contributed by atoms with Gasteiger partial charge in [-0.05, 0) is 55.5 Å². The van der Waals surface area contributed by atoms with Gasteiger partial charge in [0.2, 0.25) is 5.91 Å². The Morgan fingerprint density at radius 1 is 1.07 bits per heavy atom. The van der Waals surface area contributed by atoms with Gasteiger partial charge in [-0.15, -0.1) is 11.8 Å². The van der Waals surface area contributed by atoms with Crippen LogP contribution in [0.1, 0.15) is 31.1 Å². The highest BCUT2D eigenvalue weighted by Crippen LogP contribution is 2.25. The smallest absolute Gasteiger partial charge is 0.251 e. The van der Waals surface area contributed by atoms with Gasteiger partial charge in [-0.25, -0.2) is 0 Å². The number of amides is 2. The van der Waals surface area contributed by atoms with Crippen molar-refractivity contribution in [2.45, 2.75) is 31.7 Å². The van der Waals surface area contributed by atoms with Crippen molar-refractivity contribution in [1.82, 2.24) is 5.32 Å². The Labute approximate surface area is 164 Å². The van der Waals surface area contributed by atoms with E-state index in [0.717, 1.165) is 10.6 Å². The van der Waals surface area contributed by atoms with E-state index in [0.29, 0.717) is 17.9 Å². The predicted molar refractivity (Wildman–Crippen MR) is 111 cm³/mol. The first-order chi connectivity index (χ1) is 13.0. The SMILES string of the molecule is CCOc1ccc(C(=O)N[C@@H](C(=O)Nc2ccccc2SC)C(C)C)cc1. The molecular formula is C21H26N2O3S. The molecule has 0 unspecified atom stereocenters. The van der Waals surface area contributed by atoms with Crippen LogP contribution in [-0.2, 0) is 4.79 Å². The van der Waals surface area contributed by atoms with Crippen molar-refractivity contribution in [3.8, 4) is 5.75 Å². The molecule has 2 N–H and O–H groups in total. The summed E-state index contributed by atoms with van der Waals surface area (Å²) in [6.45, 7) is 6.28. The monoisotopic (exact) mass is 386 g/mol. The Morgan fingerprint density at radius 3 is 2.33 bits per heavy atom. The summed E-state index contributed by atoms with van der Waals surface area (Å²) < 4.78 is 5.39. The maximum atomic E-state index is 12.8. The molecule has 6 heteroatoms. The van der Waals surface area contributed by atoms with Gasteiger partial charge in [-0.1, -0.05) is 26.0 Å². The van der Waals surface area contributed by atoms with Crippen LogP contribution in [-0.4, -0.2) is 30.7 Å². The Balaban J connectivity index is 2.09. The normalized spacial score (nSPS) is 11.7. The molecule has 0 saturated heterocycles. The Morgan fingerprint density at radius 2 is 1.74 bits per heavy atom. The predicted octanol–water partition coefficient (Wildman–Crippen LogP) is 4.20. The first-order valence-corrected chi connectivity index (χ1v) is 10.2. The number of thioether (sulfide) groups is 1. The van der Waals surface area contributed by atoms with E-state index in [1.165, 1.54) is 0 Å². The lowest BCUT2D eigenvalue weighted by Gasteiger charge is -2.22. The van der Waals surface area contributed by atoms with Crippen LogP contribution in [0.2, 0.25) is 0 Å². The summed E-state index contributed by atoms with van der Waals surface area (Å²) in [6.07, 6.45) is 1.96. The number of ether oxygens (including phenoxy) is 1. The lowest BCUT2D eigenvalue weighted by atomic mass is 10.0. The van der Waals surface area contributed by atoms with Gasteiger partial charge in [0.05, 0.1) is 12.3 Å². The Kier molecular flexibility index (Phi) is 7.73. The highest BCUT2D eigenvalue weighted by Gasteiger charge is 2.25. The molecule has 0 spiro atoms. The fourth-order valence-corrected chi connectivity index (χ4v) is 3.14. The quantitative estimate of drug-likeness (QED) is 0.667. The molecule has 27 heavy (non-hydrogen) atoms. The number of para-hydroxylation sites is 1. The molecule has 0 aromatic heterocycles. The number of nitrogens with one attached hydrogen (secondary N) is 2. The van der Waals surface area contributed by atoms with Crippen molar-refractivity contribution < 1.29 is 14.3 Å². The van der Waals surface area contributed by atoms with Crippen LogP contribution in [0.4, 0.5) is 5.69 Å². The summed E-state index contributed by atoms with van der Waals surface area (Å²) in [5, 5.41) is 5.77. The summed E-state index contributed by atoms with van der Waals surface area (Å²) >= 11 is 1.56. The van der Waals surface area contributed by atoms with Crippen LogP contribution < -0.4 is 15.4 Å². The van der Waals surface area contributed by atoms with E-state index < -0.39 is 6.04 Å². The van der Waals surface area contributed by atoms with Gasteiger partial charge in [0, 0.05) is 10.5 Å². The van der Waals surface area contributed by atoms with E-state index in [-0.39, 0.29) is 17.7 Å². The number of hydrogen-bond acceptors (Lipinski definition) is 4. The lowest BCUT2D eigenvalue weighted by molar-refractivity contribution is -0.118. The maximum absolute atomic E-state index is 12.8. The van der Waals surface area contributed by atoms with Gasteiger partial charge in [0.25, 0.3) is 5.91 Å². The second kappa shape index (κ2) is 10.0. The van der Waals surface area contributed by atoms with Crippen LogP contribution in [0, 0.1) is 5.92 Å². The minimum Gasteiger partial charge on any atom is -0.494 e. The average Bonchev–Trinajstić information content (AvgIpc) is 2.66. The fraction of sp³-hybridized carbons (Fsp3) is 0.333. The van der Waals surface area contributed by atoms with Crippen molar-refractivity contribution in [1.29, 1.82) is 0 Å². The zero-order chi connectivity index (χ0) is 19.8. The summed E-state index contributed by atoms with van der Waals surface area (Å²) in [5.74, 6) is 0.134. The molecule has 2 aromatic rings. The molecule has 5 nitrogen and oxygen atoms in total. The Hall–Kier alpha value is -2.47. The van der Waals surface area contributed by atoms with Crippen LogP contribution in [0.15, 0.2) is 53.4 Å². The molecule has 2 rings (SSSR count). The third-order valence-corrected chi connectivity index (χ3v) is 4.82. The molecule has 2 amide bonds. The van der Waals surface area contributed by atoms with Gasteiger partial charge >= 0.3 is 0 Å². The van der Waals surface area contributed by atoms with Gasteiger partial charge in [0.1, 0.15) is 11.8 Å². The van der Waals surface area contributed by atoms with E-state index in [1.807, 2.05) is 51.3 Å². The van der Waals surface area contributed by atoms with Gasteiger partial charge in [0.15, 0.2) is 0 Å². The average molecular weight is 387 g/mol. The minimum absolute atomic E-state index is 0.0573. The summed E-state index contributed by atoms with van der Waals surface area (Å²) in [6, 6.07) is 13.8. The third-order valence-electron chi connectivity index (χ3n) is 4.03. The summed E-state index contributed by atoms with van der Waals surface area (Å²) in [5.41, 5.74) is 1.23. The topological polar surface area (TPSA) is 67.4 Å². The van der Waals surface area contributed by atoms with Crippen molar-refractivity contribution in [3.05, 3.63) is 54.1 Å². The van der Waals surface area contributed by atoms with E-state index >= 15 is 0 Å². The molecule has 1 atom stereocenters. The number of benzene rings is 2. The van der Waals surface area contributed by atoms with Gasteiger partial charge < -0.3 is 15.4 Å². The molecule has 0 aliphatic carbocycles. The van der Waals surface area contributed by atoms with Gasteiger partial charge in [-0.2, -0.15) is 0 Å². The van der Waals surface area contributed by atoms with Crippen LogP contribution in [0.25, 0.3) is 0 Å². The first kappa shape index (κ1) is 20.8. The van der Waals surface area contributed by atoms with E-state index in [2.05, 4.69) is 10.6 Å². The maximum Gasteiger partial charge on any atom is 0.251 e. The van der Waals surface area contributed by atoms with Gasteiger partial charge in [-0.3, -0.25) is 9.59 Å². The number of rotatable bonds is 8. The summed E-state index contributed by atoms with van der Waals surface area (Å²) in [7, 11) is 0. The van der Waals surface area contributed by atoms with Crippen LogP contribution in [0.3, 0.4) is 0 Å². The van der Waals surface area contributed by atoms with Crippen LogP contribution >= 0.6 is 11.8 Å². The van der Waals surface area contributed by atoms with Crippen molar-refractivity contribution in [3.63, 3.8) is 0 Å². The van der Waals surface area contributed by atoms with E-state index in [4.69, 9.17) is 4.74 Å². The molecule has 2 aromatic carbocycles. The second-order valence-corrected chi connectivity index (χ2v) is 7.19. The largest absolute Gasteiger partial charge is 0.494 e. The highest BCUT2D eigenvalue weighted by molar-refractivity contribution is 7.98. The van der Waals surface area contributed by atoms with Crippen molar-refractivity contribution in [2.24, 2.45) is 5.92 Å². The number of anilines is 1. The first-order valence-electron chi connectivity index (χ1n) is 8.93. The Bertz CT molecular complexity index is 775. The standard InChI is InChI=1S/C21H26N2O3S/c1-5-26-16-12-10-15(11-13-16)20(24)23-19(14(2)3)21(25)22-17-8-6-7-9-18(17)27-4/h6-14,19H,5H2,1-4H3,(H,22,25)(H,23,24)/t19-/m1/s1. The van der Waals surface area contributed by atoms with Crippen LogP contribution in [0.5, 0.6) is 5.75 Å². The molecule has 0 aliphatic heterocycles. The van der Waals surface area contributed by atoms with Crippen molar-refractivity contribution in [2.75, 3.05) is 18.2 Å². The molecule has 144 valence electrons. The number of hydrogen-bond donors (Lipinski definition) is 2. The van der Waals surface area contributed by atoms with Crippen molar-refractivity contribution >= 4 is 29.3 Å². The zero-order valence-corrected chi connectivity index (χ0v) is 16.9.